The number of nitrogens with zero attached hydrogens (tertiary/aromatic N) is 2. The van der Waals surface area contributed by atoms with Gasteiger partial charge in [-0.2, -0.15) is 0 Å². The number of anilines is 2. The van der Waals surface area contributed by atoms with Crippen LogP contribution in [0.15, 0.2) is 12.8 Å². The Balaban J connectivity index is 0.000000921. The molecule has 0 atom stereocenters. The molecule has 1 aromatic heterocycles. The van der Waals surface area contributed by atoms with Crippen LogP contribution < -0.4 is 10.6 Å². The molecule has 0 aliphatic heterocycles. The molecule has 0 radical (unpaired) electrons. The van der Waals surface area contributed by atoms with E-state index in [0.717, 1.165) is 23.0 Å². The minimum atomic E-state index is 0.735. The third-order valence-corrected chi connectivity index (χ3v) is 1.73. The molecule has 0 saturated carbocycles. The van der Waals surface area contributed by atoms with E-state index >= 15 is 0 Å². The largest absolute Gasteiger partial charge is 0.373 e. The first kappa shape index (κ1) is 13.4. The molecule has 2 N–H and O–H groups in total. The van der Waals surface area contributed by atoms with Gasteiger partial charge in [0, 0.05) is 12.6 Å². The van der Waals surface area contributed by atoms with Gasteiger partial charge in [0.2, 0.25) is 0 Å². The lowest BCUT2D eigenvalue weighted by Gasteiger charge is -2.09. The van der Waals surface area contributed by atoms with E-state index in [2.05, 4.69) is 27.2 Å². The van der Waals surface area contributed by atoms with Gasteiger partial charge in [0.05, 0.1) is 0 Å². The normalized spacial score (nSPS) is 8.60. The molecular weight excluding hydrogens is 188 g/mol. The Labute approximate surface area is 91.8 Å². The van der Waals surface area contributed by atoms with Gasteiger partial charge < -0.3 is 10.6 Å². The highest BCUT2D eigenvalue weighted by atomic mass is 15.1. The summed E-state index contributed by atoms with van der Waals surface area (Å²) in [7, 11) is 1.84. The van der Waals surface area contributed by atoms with E-state index in [4.69, 9.17) is 0 Å². The summed E-state index contributed by atoms with van der Waals surface area (Å²) in [6.07, 6.45) is 1.61. The van der Waals surface area contributed by atoms with Crippen molar-refractivity contribution in [1.82, 2.24) is 9.97 Å². The molecule has 0 amide bonds. The van der Waals surface area contributed by atoms with Crippen LogP contribution in [-0.4, -0.2) is 17.0 Å². The van der Waals surface area contributed by atoms with E-state index in [0.29, 0.717) is 0 Å². The van der Waals surface area contributed by atoms with Crippen LogP contribution in [0.2, 0.25) is 0 Å². The summed E-state index contributed by atoms with van der Waals surface area (Å²) >= 11 is 0. The Hall–Kier alpha value is -1.58. The maximum Gasteiger partial charge on any atom is 0.138 e. The van der Waals surface area contributed by atoms with E-state index in [1.165, 1.54) is 0 Å². The fourth-order valence-electron chi connectivity index (χ4n) is 1.11. The first-order valence-electron chi connectivity index (χ1n) is 5.09. The van der Waals surface area contributed by atoms with Crippen molar-refractivity contribution in [2.75, 3.05) is 17.7 Å². The zero-order valence-electron chi connectivity index (χ0n) is 10.2. The van der Waals surface area contributed by atoms with E-state index in [1.807, 2.05) is 34.7 Å². The first-order valence-corrected chi connectivity index (χ1v) is 5.09. The highest BCUT2D eigenvalue weighted by Crippen LogP contribution is 2.18. The predicted octanol–water partition coefficient (Wildman–Crippen LogP) is 2.72. The van der Waals surface area contributed by atoms with Crippen molar-refractivity contribution in [2.24, 2.45) is 0 Å². The van der Waals surface area contributed by atoms with E-state index in [-0.39, 0.29) is 0 Å². The number of aromatic nitrogens is 2. The predicted molar refractivity (Wildman–Crippen MR) is 66.2 cm³/mol. The summed E-state index contributed by atoms with van der Waals surface area (Å²) in [6.45, 7) is 11.4. The number of nitrogens with one attached hydrogen (secondary N) is 2. The number of aryl methyl sites for hydroxylation is 1. The molecule has 0 aromatic carbocycles. The van der Waals surface area contributed by atoms with Crippen molar-refractivity contribution in [3.63, 3.8) is 0 Å². The number of rotatable bonds is 3. The molecule has 1 rings (SSSR count). The molecule has 0 fully saturated rings. The van der Waals surface area contributed by atoms with Gasteiger partial charge in [-0.15, -0.1) is 0 Å². The van der Waals surface area contributed by atoms with Gasteiger partial charge >= 0.3 is 0 Å². The Morgan fingerprint density at radius 1 is 1.13 bits per heavy atom. The maximum absolute atomic E-state index is 4.24. The quantitative estimate of drug-likeness (QED) is 0.802. The molecule has 1 heterocycles. The molecule has 0 spiro atoms. The van der Waals surface area contributed by atoms with Crippen LogP contribution in [0.1, 0.15) is 25.2 Å². The summed E-state index contributed by atoms with van der Waals surface area (Å²) < 4.78 is 0. The van der Waals surface area contributed by atoms with E-state index < -0.39 is 0 Å². The molecule has 0 unspecified atom stereocenters. The lowest BCUT2D eigenvalue weighted by Crippen LogP contribution is -2.04. The average Bonchev–Trinajstić information content (AvgIpc) is 2.26. The number of hydrogen-bond acceptors (Lipinski definition) is 4. The van der Waals surface area contributed by atoms with Crippen LogP contribution in [-0.2, 0) is 0 Å². The minimum absolute atomic E-state index is 0.735. The van der Waals surface area contributed by atoms with Crippen molar-refractivity contribution < 1.29 is 0 Å². The molecule has 4 heteroatoms. The van der Waals surface area contributed by atoms with Gasteiger partial charge in [-0.25, -0.2) is 9.97 Å². The van der Waals surface area contributed by atoms with Gasteiger partial charge in [0.15, 0.2) is 0 Å². The number of hydrogen-bond donors (Lipinski definition) is 2. The fraction of sp³-hybridized carbons (Fsp3) is 0.455. The van der Waals surface area contributed by atoms with Crippen molar-refractivity contribution in [3.05, 3.63) is 24.2 Å². The summed E-state index contributed by atoms with van der Waals surface area (Å²) in [5, 5.41) is 5.97. The van der Waals surface area contributed by atoms with Crippen LogP contribution in [0.4, 0.5) is 11.6 Å². The highest BCUT2D eigenvalue weighted by molar-refractivity contribution is 5.57. The zero-order valence-corrected chi connectivity index (χ0v) is 10.2. The lowest BCUT2D eigenvalue weighted by atomic mass is 10.3. The first-order chi connectivity index (χ1) is 7.19. The smallest absolute Gasteiger partial charge is 0.138 e. The highest BCUT2D eigenvalue weighted by Gasteiger charge is 2.05. The summed E-state index contributed by atoms with van der Waals surface area (Å²) in [4.78, 5) is 8.48. The summed E-state index contributed by atoms with van der Waals surface area (Å²) in [5.74, 6) is 2.38. The topological polar surface area (TPSA) is 49.8 Å². The SMILES string of the molecule is C=CNc1nc(C)nc(NC)c1C.CC. The molecule has 4 nitrogen and oxygen atoms in total. The third kappa shape index (κ3) is 3.58. The van der Waals surface area contributed by atoms with Gasteiger partial charge in [-0.1, -0.05) is 20.4 Å². The van der Waals surface area contributed by atoms with Crippen LogP contribution in [0.3, 0.4) is 0 Å². The molecule has 0 aliphatic rings. The summed E-state index contributed by atoms with van der Waals surface area (Å²) in [5.41, 5.74) is 0.994. The minimum Gasteiger partial charge on any atom is -0.373 e. The van der Waals surface area contributed by atoms with E-state index in [1.54, 1.807) is 6.20 Å². The van der Waals surface area contributed by atoms with Crippen molar-refractivity contribution in [1.29, 1.82) is 0 Å². The Morgan fingerprint density at radius 2 is 1.67 bits per heavy atom. The molecule has 84 valence electrons. The Kier molecular flexibility index (Phi) is 6.09. The Morgan fingerprint density at radius 3 is 2.13 bits per heavy atom. The van der Waals surface area contributed by atoms with Crippen LogP contribution in [0.5, 0.6) is 0 Å². The second-order valence-electron chi connectivity index (χ2n) is 2.69. The summed E-state index contributed by atoms with van der Waals surface area (Å²) in [6, 6.07) is 0. The van der Waals surface area contributed by atoms with Gasteiger partial charge in [0.1, 0.15) is 17.5 Å². The zero-order chi connectivity index (χ0) is 11.8. The van der Waals surface area contributed by atoms with Gasteiger partial charge in [-0.05, 0) is 20.0 Å². The van der Waals surface area contributed by atoms with Crippen LogP contribution >= 0.6 is 0 Å². The fourth-order valence-corrected chi connectivity index (χ4v) is 1.11. The molecule has 0 saturated heterocycles. The van der Waals surface area contributed by atoms with Gasteiger partial charge in [0.25, 0.3) is 0 Å². The standard InChI is InChI=1S/C9H14N4.C2H6/c1-5-11-9-6(2)8(10-4)12-7(3)13-9;1-2/h5H,1H2,2-4H3,(H2,10,11,12,13);1-2H3. The third-order valence-electron chi connectivity index (χ3n) is 1.73. The molecule has 0 bridgehead atoms. The average molecular weight is 208 g/mol. The van der Waals surface area contributed by atoms with Crippen molar-refractivity contribution in [2.45, 2.75) is 27.7 Å². The molecule has 0 aliphatic carbocycles. The second kappa shape index (κ2) is 6.81. The lowest BCUT2D eigenvalue weighted by molar-refractivity contribution is 1.03. The van der Waals surface area contributed by atoms with E-state index in [9.17, 15) is 0 Å². The monoisotopic (exact) mass is 208 g/mol. The second-order valence-corrected chi connectivity index (χ2v) is 2.69. The maximum atomic E-state index is 4.24. The van der Waals surface area contributed by atoms with Gasteiger partial charge in [-0.3, -0.25) is 0 Å². The van der Waals surface area contributed by atoms with Crippen molar-refractivity contribution in [3.8, 4) is 0 Å². The Bertz CT molecular complexity index is 321. The molecular formula is C11H20N4. The van der Waals surface area contributed by atoms with Crippen molar-refractivity contribution >= 4 is 11.6 Å². The van der Waals surface area contributed by atoms with Crippen LogP contribution in [0.25, 0.3) is 0 Å². The molecule has 15 heavy (non-hydrogen) atoms. The molecule has 1 aromatic rings. The van der Waals surface area contributed by atoms with Crippen LogP contribution in [0, 0.1) is 13.8 Å².